The third-order valence-electron chi connectivity index (χ3n) is 4.92. The molecule has 5 nitrogen and oxygen atoms in total. The van der Waals surface area contributed by atoms with Crippen LogP contribution in [0.2, 0.25) is 0 Å². The van der Waals surface area contributed by atoms with Crippen molar-refractivity contribution in [2.24, 2.45) is 0 Å². The summed E-state index contributed by atoms with van der Waals surface area (Å²) >= 11 is 1.72. The number of hydrogen-bond acceptors (Lipinski definition) is 6. The number of aromatic nitrogens is 3. The van der Waals surface area contributed by atoms with Gasteiger partial charge in [-0.1, -0.05) is 6.07 Å². The minimum atomic E-state index is 0.126. The number of methoxy groups -OCH3 is 1. The molecule has 0 aliphatic carbocycles. The number of aryl methyl sites for hydroxylation is 1. The fourth-order valence-electron chi connectivity index (χ4n) is 3.19. The van der Waals surface area contributed by atoms with Gasteiger partial charge in [-0.3, -0.25) is 4.98 Å². The highest BCUT2D eigenvalue weighted by atomic mass is 32.1. The molecule has 1 atom stereocenters. The minimum absolute atomic E-state index is 0.126. The van der Waals surface area contributed by atoms with Crippen LogP contribution in [0.25, 0.3) is 11.4 Å². The van der Waals surface area contributed by atoms with Crippen LogP contribution in [0.5, 0.6) is 5.75 Å². The SMILES string of the molecule is COc1ccc(-c2ncc(CNC(Cc3ccsc3)c3ccc(C)cn3)cn2)cc1. The van der Waals surface area contributed by atoms with Gasteiger partial charge < -0.3 is 10.1 Å². The number of nitrogens with one attached hydrogen (secondary N) is 1. The Hall–Kier alpha value is -3.09. The first-order valence-electron chi connectivity index (χ1n) is 9.83. The van der Waals surface area contributed by atoms with E-state index < -0.39 is 0 Å². The second kappa shape index (κ2) is 9.61. The Bertz CT molecular complexity index is 1050. The number of thiophene rings is 1. The average Bonchev–Trinajstić information content (AvgIpc) is 3.31. The van der Waals surface area contributed by atoms with Gasteiger partial charge in [-0.15, -0.1) is 0 Å². The maximum atomic E-state index is 5.21. The maximum Gasteiger partial charge on any atom is 0.159 e. The third kappa shape index (κ3) is 5.09. The van der Waals surface area contributed by atoms with Crippen LogP contribution in [-0.4, -0.2) is 22.1 Å². The lowest BCUT2D eigenvalue weighted by atomic mass is 10.0. The van der Waals surface area contributed by atoms with Gasteiger partial charge in [0.05, 0.1) is 18.8 Å². The van der Waals surface area contributed by atoms with Crippen molar-refractivity contribution in [1.82, 2.24) is 20.3 Å². The van der Waals surface area contributed by atoms with Gasteiger partial charge in [0.1, 0.15) is 5.75 Å². The maximum absolute atomic E-state index is 5.21. The second-order valence-corrected chi connectivity index (χ2v) is 7.95. The molecule has 0 radical (unpaired) electrons. The predicted octanol–water partition coefficient (Wildman–Crippen LogP) is 4.99. The molecule has 4 aromatic rings. The number of benzene rings is 1. The Balaban J connectivity index is 1.45. The Labute approximate surface area is 180 Å². The van der Waals surface area contributed by atoms with Crippen LogP contribution in [0.15, 0.2) is 71.8 Å². The van der Waals surface area contributed by atoms with E-state index in [1.807, 2.05) is 42.9 Å². The summed E-state index contributed by atoms with van der Waals surface area (Å²) in [6.07, 6.45) is 6.57. The molecule has 0 aliphatic rings. The summed E-state index contributed by atoms with van der Waals surface area (Å²) in [5.74, 6) is 1.53. The van der Waals surface area contributed by atoms with Crippen molar-refractivity contribution in [1.29, 1.82) is 0 Å². The summed E-state index contributed by atoms with van der Waals surface area (Å²) in [6.45, 7) is 2.73. The van der Waals surface area contributed by atoms with Crippen molar-refractivity contribution in [2.45, 2.75) is 25.9 Å². The first kappa shape index (κ1) is 20.2. The third-order valence-corrected chi connectivity index (χ3v) is 5.65. The van der Waals surface area contributed by atoms with Crippen molar-refractivity contribution in [3.63, 3.8) is 0 Å². The normalized spacial score (nSPS) is 11.9. The summed E-state index contributed by atoms with van der Waals surface area (Å²) in [5, 5.41) is 7.93. The zero-order valence-corrected chi connectivity index (χ0v) is 17.9. The molecule has 30 heavy (non-hydrogen) atoms. The smallest absolute Gasteiger partial charge is 0.159 e. The van der Waals surface area contributed by atoms with Crippen LogP contribution < -0.4 is 10.1 Å². The molecule has 0 fully saturated rings. The molecule has 0 saturated carbocycles. The zero-order chi connectivity index (χ0) is 20.8. The molecule has 4 rings (SSSR count). The molecular formula is C24H24N4OS. The van der Waals surface area contributed by atoms with E-state index >= 15 is 0 Å². The van der Waals surface area contributed by atoms with Crippen LogP contribution in [0, 0.1) is 6.92 Å². The van der Waals surface area contributed by atoms with Crippen LogP contribution in [-0.2, 0) is 13.0 Å². The van der Waals surface area contributed by atoms with Gasteiger partial charge in [0.25, 0.3) is 0 Å². The lowest BCUT2D eigenvalue weighted by Crippen LogP contribution is -2.24. The van der Waals surface area contributed by atoms with Crippen LogP contribution >= 0.6 is 11.3 Å². The number of nitrogens with zero attached hydrogens (tertiary/aromatic N) is 3. The number of rotatable bonds is 8. The van der Waals surface area contributed by atoms with Gasteiger partial charge in [-0.25, -0.2) is 9.97 Å². The standard InChI is InChI=1S/C24H24N4OS/c1-17-3-8-22(25-12-17)23(11-18-9-10-30-16-18)26-13-19-14-27-24(28-15-19)20-4-6-21(29-2)7-5-20/h3-10,12,14-16,23,26H,11,13H2,1-2H3. The molecule has 1 aromatic carbocycles. The van der Waals surface area contributed by atoms with E-state index in [0.29, 0.717) is 12.4 Å². The van der Waals surface area contributed by atoms with Gasteiger partial charge in [0, 0.05) is 36.3 Å². The molecule has 0 bridgehead atoms. The van der Waals surface area contributed by atoms with Gasteiger partial charge >= 0.3 is 0 Å². The molecule has 3 heterocycles. The lowest BCUT2D eigenvalue weighted by molar-refractivity contribution is 0.415. The molecule has 1 unspecified atom stereocenters. The van der Waals surface area contributed by atoms with Crippen LogP contribution in [0.4, 0.5) is 0 Å². The minimum Gasteiger partial charge on any atom is -0.497 e. The van der Waals surface area contributed by atoms with E-state index in [2.05, 4.69) is 56.2 Å². The summed E-state index contributed by atoms with van der Waals surface area (Å²) in [4.78, 5) is 13.7. The number of ether oxygens (including phenoxy) is 1. The summed E-state index contributed by atoms with van der Waals surface area (Å²) in [7, 11) is 1.66. The first-order chi connectivity index (χ1) is 14.7. The van der Waals surface area contributed by atoms with Gasteiger partial charge in [0.15, 0.2) is 5.82 Å². The van der Waals surface area contributed by atoms with Crippen molar-refractivity contribution in [3.8, 4) is 17.1 Å². The highest BCUT2D eigenvalue weighted by Gasteiger charge is 2.14. The van der Waals surface area contributed by atoms with E-state index in [1.54, 1.807) is 18.4 Å². The Kier molecular flexibility index (Phi) is 6.47. The zero-order valence-electron chi connectivity index (χ0n) is 17.1. The monoisotopic (exact) mass is 416 g/mol. The molecule has 1 N–H and O–H groups in total. The van der Waals surface area contributed by atoms with Crippen LogP contribution in [0.1, 0.15) is 28.4 Å². The topological polar surface area (TPSA) is 59.9 Å². The molecule has 0 aliphatic heterocycles. The molecular weight excluding hydrogens is 392 g/mol. The van der Waals surface area contributed by atoms with Gasteiger partial charge in [-0.2, -0.15) is 11.3 Å². The lowest BCUT2D eigenvalue weighted by Gasteiger charge is -2.18. The van der Waals surface area contributed by atoms with E-state index in [9.17, 15) is 0 Å². The van der Waals surface area contributed by atoms with E-state index in [4.69, 9.17) is 4.74 Å². The Morgan fingerprint density at radius 2 is 1.73 bits per heavy atom. The molecule has 6 heteroatoms. The number of pyridine rings is 1. The highest BCUT2D eigenvalue weighted by Crippen LogP contribution is 2.21. The quantitative estimate of drug-likeness (QED) is 0.438. The van der Waals surface area contributed by atoms with Gasteiger partial charge in [-0.05, 0) is 71.6 Å². The predicted molar refractivity (Wildman–Crippen MR) is 121 cm³/mol. The average molecular weight is 417 g/mol. The summed E-state index contributed by atoms with van der Waals surface area (Å²) < 4.78 is 5.21. The van der Waals surface area contributed by atoms with E-state index in [-0.39, 0.29) is 6.04 Å². The molecule has 0 saturated heterocycles. The van der Waals surface area contributed by atoms with Gasteiger partial charge in [0.2, 0.25) is 0 Å². The Morgan fingerprint density at radius 3 is 2.37 bits per heavy atom. The fraction of sp³-hybridized carbons (Fsp3) is 0.208. The van der Waals surface area contributed by atoms with Crippen molar-refractivity contribution >= 4 is 11.3 Å². The van der Waals surface area contributed by atoms with Crippen molar-refractivity contribution in [3.05, 3.63) is 94.2 Å². The highest BCUT2D eigenvalue weighted by molar-refractivity contribution is 7.07. The summed E-state index contributed by atoms with van der Waals surface area (Å²) in [6, 6.07) is 14.3. The van der Waals surface area contributed by atoms with E-state index in [0.717, 1.165) is 34.6 Å². The van der Waals surface area contributed by atoms with Crippen molar-refractivity contribution in [2.75, 3.05) is 7.11 Å². The molecule has 0 amide bonds. The first-order valence-corrected chi connectivity index (χ1v) is 10.8. The molecule has 152 valence electrons. The van der Waals surface area contributed by atoms with E-state index in [1.165, 1.54) is 5.56 Å². The second-order valence-electron chi connectivity index (χ2n) is 7.17. The van der Waals surface area contributed by atoms with Crippen molar-refractivity contribution < 1.29 is 4.74 Å². The summed E-state index contributed by atoms with van der Waals surface area (Å²) in [5.41, 5.74) is 5.52. The molecule has 0 spiro atoms. The molecule has 3 aromatic heterocycles. The van der Waals surface area contributed by atoms with Crippen LogP contribution in [0.3, 0.4) is 0 Å². The largest absolute Gasteiger partial charge is 0.497 e. The Morgan fingerprint density at radius 1 is 0.933 bits per heavy atom. The number of hydrogen-bond donors (Lipinski definition) is 1. The fourth-order valence-corrected chi connectivity index (χ4v) is 3.87.